The molecule has 0 amide bonds. The summed E-state index contributed by atoms with van der Waals surface area (Å²) in [5.41, 5.74) is 0. The topological polar surface area (TPSA) is 69.4 Å². The number of hydrogen-bond acceptors (Lipinski definition) is 4. The van der Waals surface area contributed by atoms with E-state index in [1.54, 1.807) is 6.92 Å². The van der Waals surface area contributed by atoms with Crippen LogP contribution in [0.4, 0.5) is 0 Å². The normalized spacial score (nSPS) is 12.2. The van der Waals surface area contributed by atoms with Crippen molar-refractivity contribution in [2.45, 2.75) is 26.3 Å². The molecule has 0 saturated heterocycles. The van der Waals surface area contributed by atoms with Crippen LogP contribution in [0.25, 0.3) is 0 Å². The van der Waals surface area contributed by atoms with Gasteiger partial charge in [0.05, 0.1) is 0 Å². The number of nitro groups is 1. The third-order valence-corrected chi connectivity index (χ3v) is 1.25. The Balaban J connectivity index is 3.70. The highest BCUT2D eigenvalue weighted by Crippen LogP contribution is 1.96. The van der Waals surface area contributed by atoms with Gasteiger partial charge >= 0.3 is 5.97 Å². The molecule has 0 radical (unpaired) electrons. The van der Waals surface area contributed by atoms with Crippen LogP contribution in [0.1, 0.15) is 20.3 Å². The third-order valence-electron chi connectivity index (χ3n) is 1.25. The molecule has 0 spiro atoms. The summed E-state index contributed by atoms with van der Waals surface area (Å²) in [6, 6.07) is -0.765. The second kappa shape index (κ2) is 4.65. The van der Waals surface area contributed by atoms with Crippen LogP contribution in [0.3, 0.4) is 0 Å². The summed E-state index contributed by atoms with van der Waals surface area (Å²) in [7, 11) is 0. The van der Waals surface area contributed by atoms with E-state index in [1.807, 2.05) is 0 Å². The minimum absolute atomic E-state index is 0.126. The van der Waals surface area contributed by atoms with E-state index in [9.17, 15) is 14.9 Å². The molecule has 0 bridgehead atoms. The predicted octanol–water partition coefficient (Wildman–Crippen LogP) is 0.605. The van der Waals surface area contributed by atoms with Crippen LogP contribution in [0, 0.1) is 10.1 Å². The van der Waals surface area contributed by atoms with Crippen LogP contribution < -0.4 is 0 Å². The summed E-state index contributed by atoms with van der Waals surface area (Å²) in [5, 5.41) is 10.2. The monoisotopic (exact) mass is 161 g/mol. The summed E-state index contributed by atoms with van der Waals surface area (Å²) in [4.78, 5) is 20.0. The molecular weight excluding hydrogens is 150 g/mol. The van der Waals surface area contributed by atoms with E-state index in [4.69, 9.17) is 0 Å². The van der Waals surface area contributed by atoms with E-state index >= 15 is 0 Å². The van der Waals surface area contributed by atoms with Crippen LogP contribution in [-0.4, -0.2) is 23.5 Å². The summed E-state index contributed by atoms with van der Waals surface area (Å²) >= 11 is 0. The summed E-state index contributed by atoms with van der Waals surface area (Å²) in [5.74, 6) is -0.481. The number of carbonyl (C=O) groups is 1. The molecule has 0 aromatic heterocycles. The van der Waals surface area contributed by atoms with Crippen LogP contribution in [-0.2, 0) is 9.53 Å². The van der Waals surface area contributed by atoms with Crippen LogP contribution in [0.5, 0.6) is 0 Å². The first-order valence-corrected chi connectivity index (χ1v) is 3.34. The van der Waals surface area contributed by atoms with E-state index in [1.165, 1.54) is 6.92 Å². The van der Waals surface area contributed by atoms with Crippen LogP contribution in [0.2, 0.25) is 0 Å². The fourth-order valence-corrected chi connectivity index (χ4v) is 0.541. The molecule has 0 heterocycles. The second-order valence-electron chi connectivity index (χ2n) is 2.15. The number of carbonyl (C=O) groups excluding carboxylic acids is 1. The van der Waals surface area contributed by atoms with Gasteiger partial charge in [0.15, 0.2) is 6.61 Å². The van der Waals surface area contributed by atoms with Gasteiger partial charge in [0.1, 0.15) is 0 Å². The standard InChI is InChI=1S/C6H11NO4/c1-3-6(7(9)10)4-11-5(2)8/h6H,3-4H2,1-2H3/t6-/m0/s1. The highest BCUT2D eigenvalue weighted by Gasteiger charge is 2.18. The van der Waals surface area contributed by atoms with Crippen molar-refractivity contribution in [3.05, 3.63) is 10.1 Å². The Bertz CT molecular complexity index is 157. The van der Waals surface area contributed by atoms with E-state index < -0.39 is 16.9 Å². The Morgan fingerprint density at radius 2 is 2.27 bits per heavy atom. The second-order valence-corrected chi connectivity index (χ2v) is 2.15. The van der Waals surface area contributed by atoms with E-state index in [2.05, 4.69) is 4.74 Å². The minimum atomic E-state index is -0.765. The first kappa shape index (κ1) is 9.87. The van der Waals surface area contributed by atoms with Gasteiger partial charge in [0.2, 0.25) is 6.04 Å². The summed E-state index contributed by atoms with van der Waals surface area (Å²) in [6.07, 6.45) is 0.375. The molecule has 0 fully saturated rings. The van der Waals surface area contributed by atoms with Crippen molar-refractivity contribution in [2.75, 3.05) is 6.61 Å². The number of esters is 1. The van der Waals surface area contributed by atoms with Gasteiger partial charge in [-0.3, -0.25) is 14.9 Å². The Labute approximate surface area is 64.5 Å². The molecule has 0 unspecified atom stereocenters. The maximum absolute atomic E-state index is 10.2. The lowest BCUT2D eigenvalue weighted by Gasteiger charge is -2.05. The first-order chi connectivity index (χ1) is 5.07. The van der Waals surface area contributed by atoms with Gasteiger partial charge in [-0.25, -0.2) is 0 Å². The van der Waals surface area contributed by atoms with Crippen molar-refractivity contribution in [3.63, 3.8) is 0 Å². The molecule has 11 heavy (non-hydrogen) atoms. The van der Waals surface area contributed by atoms with Crippen molar-refractivity contribution in [1.82, 2.24) is 0 Å². The summed E-state index contributed by atoms with van der Waals surface area (Å²) in [6.45, 7) is 2.78. The average molecular weight is 161 g/mol. The molecule has 5 heteroatoms. The number of nitrogens with zero attached hydrogens (tertiary/aromatic N) is 1. The van der Waals surface area contributed by atoms with Gasteiger partial charge in [0, 0.05) is 18.3 Å². The maximum Gasteiger partial charge on any atom is 0.302 e. The lowest BCUT2D eigenvalue weighted by Crippen LogP contribution is -2.25. The Morgan fingerprint density at radius 1 is 1.73 bits per heavy atom. The van der Waals surface area contributed by atoms with Gasteiger partial charge in [-0.1, -0.05) is 6.92 Å². The molecule has 5 nitrogen and oxygen atoms in total. The molecule has 0 aromatic carbocycles. The maximum atomic E-state index is 10.2. The van der Waals surface area contributed by atoms with Gasteiger partial charge < -0.3 is 4.74 Å². The summed E-state index contributed by atoms with van der Waals surface area (Å²) < 4.78 is 4.48. The van der Waals surface area contributed by atoms with Crippen molar-refractivity contribution in [2.24, 2.45) is 0 Å². The lowest BCUT2D eigenvalue weighted by molar-refractivity contribution is -0.525. The molecule has 0 aliphatic rings. The quantitative estimate of drug-likeness (QED) is 0.344. The largest absolute Gasteiger partial charge is 0.459 e. The Morgan fingerprint density at radius 3 is 2.55 bits per heavy atom. The van der Waals surface area contributed by atoms with Crippen molar-refractivity contribution < 1.29 is 14.5 Å². The van der Waals surface area contributed by atoms with Gasteiger partial charge in [0.25, 0.3) is 0 Å². The van der Waals surface area contributed by atoms with E-state index in [0.717, 1.165) is 0 Å². The van der Waals surface area contributed by atoms with E-state index in [0.29, 0.717) is 6.42 Å². The molecule has 0 aliphatic carbocycles. The Hall–Kier alpha value is -1.13. The molecule has 0 saturated carbocycles. The number of ether oxygens (including phenoxy) is 1. The van der Waals surface area contributed by atoms with Crippen LogP contribution >= 0.6 is 0 Å². The first-order valence-electron chi connectivity index (χ1n) is 3.34. The van der Waals surface area contributed by atoms with Crippen molar-refractivity contribution >= 4 is 5.97 Å². The molecule has 0 aromatic rings. The zero-order valence-electron chi connectivity index (χ0n) is 6.57. The molecular formula is C6H11NO4. The minimum Gasteiger partial charge on any atom is -0.459 e. The predicted molar refractivity (Wildman–Crippen MR) is 37.7 cm³/mol. The molecule has 1 atom stereocenters. The molecule has 64 valence electrons. The van der Waals surface area contributed by atoms with Gasteiger partial charge in [-0.05, 0) is 0 Å². The smallest absolute Gasteiger partial charge is 0.302 e. The van der Waals surface area contributed by atoms with Crippen LogP contribution in [0.15, 0.2) is 0 Å². The number of hydrogen-bond donors (Lipinski definition) is 0. The van der Waals surface area contributed by atoms with Crippen molar-refractivity contribution in [3.8, 4) is 0 Å². The molecule has 0 rings (SSSR count). The zero-order chi connectivity index (χ0) is 8.85. The van der Waals surface area contributed by atoms with E-state index in [-0.39, 0.29) is 6.61 Å². The fourth-order valence-electron chi connectivity index (χ4n) is 0.541. The SMILES string of the molecule is CC[C@@H](COC(C)=O)[N+](=O)[O-]. The molecule has 0 aliphatic heterocycles. The highest BCUT2D eigenvalue weighted by molar-refractivity contribution is 5.65. The zero-order valence-corrected chi connectivity index (χ0v) is 6.57. The Kier molecular flexibility index (Phi) is 4.17. The van der Waals surface area contributed by atoms with Gasteiger partial charge in [-0.15, -0.1) is 0 Å². The highest BCUT2D eigenvalue weighted by atomic mass is 16.6. The fraction of sp³-hybridized carbons (Fsp3) is 0.833. The van der Waals surface area contributed by atoms with Crippen molar-refractivity contribution in [1.29, 1.82) is 0 Å². The molecule has 0 N–H and O–H groups in total. The third kappa shape index (κ3) is 4.30. The number of rotatable bonds is 4. The lowest BCUT2D eigenvalue weighted by atomic mass is 10.2. The average Bonchev–Trinajstić information content (AvgIpc) is 1.87. The van der Waals surface area contributed by atoms with Gasteiger partial charge in [-0.2, -0.15) is 0 Å².